The number of rotatable bonds is 6. The second-order valence-corrected chi connectivity index (χ2v) is 7.14. The van der Waals surface area contributed by atoms with Crippen molar-refractivity contribution in [2.75, 3.05) is 6.54 Å². The molecule has 1 aliphatic rings. The van der Waals surface area contributed by atoms with Crippen LogP contribution < -0.4 is 5.32 Å². The lowest BCUT2D eigenvalue weighted by atomic mass is 10.4. The van der Waals surface area contributed by atoms with Crippen molar-refractivity contribution in [3.8, 4) is 0 Å². The summed E-state index contributed by atoms with van der Waals surface area (Å²) < 4.78 is 29.8. The van der Waals surface area contributed by atoms with Crippen molar-refractivity contribution in [2.45, 2.75) is 50.2 Å². The van der Waals surface area contributed by atoms with Gasteiger partial charge in [-0.05, 0) is 31.5 Å². The Hall–Kier alpha value is -0.810. The quantitative estimate of drug-likeness (QED) is 0.862. The van der Waals surface area contributed by atoms with E-state index in [1.165, 1.54) is 0 Å². The highest BCUT2D eigenvalue weighted by molar-refractivity contribution is 7.91. The summed E-state index contributed by atoms with van der Waals surface area (Å²) in [5.41, 5.74) is 0. The molecule has 18 heavy (non-hydrogen) atoms. The van der Waals surface area contributed by atoms with Crippen LogP contribution in [-0.4, -0.2) is 20.2 Å². The normalized spacial score (nSPS) is 17.4. The molecule has 5 heteroatoms. The van der Waals surface area contributed by atoms with Gasteiger partial charge in [0, 0.05) is 0 Å². The summed E-state index contributed by atoms with van der Waals surface area (Å²) in [5.74, 6) is 1.41. The summed E-state index contributed by atoms with van der Waals surface area (Å²) in [6.45, 7) is 3.55. The first-order chi connectivity index (χ1) is 8.62. The molecule has 2 rings (SSSR count). The molecule has 0 bridgehead atoms. The molecule has 0 atom stereocenters. The van der Waals surface area contributed by atoms with Gasteiger partial charge in [-0.15, -0.1) is 0 Å². The standard InChI is InChI=1S/C13H21NO3S/c1-2-14-9-11-7-8-12(17-11)10-18(15,16)13-5-3-4-6-13/h7-8,13-14H,2-6,9-10H2,1H3. The highest BCUT2D eigenvalue weighted by Crippen LogP contribution is 2.27. The van der Waals surface area contributed by atoms with Crippen molar-refractivity contribution >= 4 is 9.84 Å². The highest BCUT2D eigenvalue weighted by atomic mass is 32.2. The minimum Gasteiger partial charge on any atom is -0.464 e. The van der Waals surface area contributed by atoms with Crippen LogP contribution in [-0.2, 0) is 22.1 Å². The van der Waals surface area contributed by atoms with E-state index in [1.54, 1.807) is 6.07 Å². The first kappa shape index (κ1) is 13.6. The summed E-state index contributed by atoms with van der Waals surface area (Å²) >= 11 is 0. The smallest absolute Gasteiger partial charge is 0.160 e. The van der Waals surface area contributed by atoms with Gasteiger partial charge < -0.3 is 9.73 Å². The minimum atomic E-state index is -3.03. The fourth-order valence-corrected chi connectivity index (χ4v) is 4.25. The third kappa shape index (κ3) is 3.36. The zero-order valence-corrected chi connectivity index (χ0v) is 11.6. The van der Waals surface area contributed by atoms with E-state index in [1.807, 2.05) is 13.0 Å². The van der Waals surface area contributed by atoms with Crippen molar-refractivity contribution in [2.24, 2.45) is 0 Å². The maximum atomic E-state index is 12.1. The van der Waals surface area contributed by atoms with Gasteiger partial charge in [-0.1, -0.05) is 19.8 Å². The molecule has 0 unspecified atom stereocenters. The Morgan fingerprint density at radius 3 is 2.61 bits per heavy atom. The van der Waals surface area contributed by atoms with Crippen LogP contribution in [0, 0.1) is 0 Å². The van der Waals surface area contributed by atoms with Crippen LogP contribution in [0.25, 0.3) is 0 Å². The molecule has 0 saturated heterocycles. The molecule has 1 aliphatic carbocycles. The molecule has 1 aromatic heterocycles. The van der Waals surface area contributed by atoms with Crippen LogP contribution in [0.5, 0.6) is 0 Å². The topological polar surface area (TPSA) is 59.3 Å². The van der Waals surface area contributed by atoms with Crippen molar-refractivity contribution in [1.29, 1.82) is 0 Å². The van der Waals surface area contributed by atoms with Crippen molar-refractivity contribution in [3.63, 3.8) is 0 Å². The van der Waals surface area contributed by atoms with Gasteiger partial charge in [-0.3, -0.25) is 0 Å². The van der Waals surface area contributed by atoms with Crippen LogP contribution in [0.15, 0.2) is 16.5 Å². The molecule has 4 nitrogen and oxygen atoms in total. The van der Waals surface area contributed by atoms with Crippen LogP contribution >= 0.6 is 0 Å². The molecular formula is C13H21NO3S. The molecule has 0 aromatic carbocycles. The molecule has 0 aliphatic heterocycles. The highest BCUT2D eigenvalue weighted by Gasteiger charge is 2.29. The van der Waals surface area contributed by atoms with Crippen LogP contribution in [0.4, 0.5) is 0 Å². The monoisotopic (exact) mass is 271 g/mol. The zero-order valence-electron chi connectivity index (χ0n) is 10.8. The fourth-order valence-electron chi connectivity index (χ4n) is 2.41. The largest absolute Gasteiger partial charge is 0.464 e. The van der Waals surface area contributed by atoms with E-state index in [9.17, 15) is 8.42 Å². The zero-order chi connectivity index (χ0) is 13.0. The van der Waals surface area contributed by atoms with Crippen molar-refractivity contribution in [1.82, 2.24) is 5.32 Å². The molecule has 102 valence electrons. The Balaban J connectivity index is 1.97. The first-order valence-corrected chi connectivity index (χ1v) is 8.33. The predicted octanol–water partition coefficient (Wildman–Crippen LogP) is 2.25. The van der Waals surface area contributed by atoms with Gasteiger partial charge in [0.1, 0.15) is 17.3 Å². The first-order valence-electron chi connectivity index (χ1n) is 6.61. The Labute approximate surface area is 109 Å². The average molecular weight is 271 g/mol. The lowest BCUT2D eigenvalue weighted by Gasteiger charge is -2.09. The van der Waals surface area contributed by atoms with Gasteiger partial charge in [0.25, 0.3) is 0 Å². The molecule has 0 amide bonds. The third-order valence-corrected chi connectivity index (χ3v) is 5.59. The lowest BCUT2D eigenvalue weighted by Crippen LogP contribution is -2.19. The second-order valence-electron chi connectivity index (χ2n) is 4.86. The van der Waals surface area contributed by atoms with E-state index in [0.717, 1.165) is 38.0 Å². The molecule has 1 heterocycles. The number of hydrogen-bond acceptors (Lipinski definition) is 4. The lowest BCUT2D eigenvalue weighted by molar-refractivity contribution is 0.458. The van der Waals surface area contributed by atoms with E-state index in [2.05, 4.69) is 5.32 Å². The van der Waals surface area contributed by atoms with Gasteiger partial charge in [0.05, 0.1) is 11.8 Å². The molecular weight excluding hydrogens is 250 g/mol. The summed E-state index contributed by atoms with van der Waals surface area (Å²) in [6.07, 6.45) is 3.70. The number of nitrogens with one attached hydrogen (secondary N) is 1. The Bertz CT molecular complexity index is 472. The SMILES string of the molecule is CCNCc1ccc(CS(=O)(=O)C2CCCC2)o1. The molecule has 0 radical (unpaired) electrons. The number of furan rings is 1. The van der Waals surface area contributed by atoms with E-state index >= 15 is 0 Å². The van der Waals surface area contributed by atoms with E-state index in [4.69, 9.17) is 4.42 Å². The average Bonchev–Trinajstić information content (AvgIpc) is 2.96. The maximum absolute atomic E-state index is 12.1. The van der Waals surface area contributed by atoms with Crippen LogP contribution in [0.3, 0.4) is 0 Å². The second kappa shape index (κ2) is 5.89. The van der Waals surface area contributed by atoms with Crippen molar-refractivity contribution < 1.29 is 12.8 Å². The fraction of sp³-hybridized carbons (Fsp3) is 0.692. The van der Waals surface area contributed by atoms with Gasteiger partial charge in [0.2, 0.25) is 0 Å². The van der Waals surface area contributed by atoms with Gasteiger partial charge >= 0.3 is 0 Å². The molecule has 1 saturated carbocycles. The van der Waals surface area contributed by atoms with Gasteiger partial charge in [0.15, 0.2) is 9.84 Å². The Kier molecular flexibility index (Phi) is 4.45. The molecule has 1 N–H and O–H groups in total. The summed E-state index contributed by atoms with van der Waals surface area (Å²) in [4.78, 5) is 0. The minimum absolute atomic E-state index is 0.0454. The van der Waals surface area contributed by atoms with E-state index in [-0.39, 0.29) is 11.0 Å². The van der Waals surface area contributed by atoms with Gasteiger partial charge in [-0.25, -0.2) is 8.42 Å². The Morgan fingerprint density at radius 1 is 1.28 bits per heavy atom. The number of sulfone groups is 1. The van der Waals surface area contributed by atoms with Crippen molar-refractivity contribution in [3.05, 3.63) is 23.7 Å². The third-order valence-electron chi connectivity index (χ3n) is 3.42. The van der Waals surface area contributed by atoms with E-state index < -0.39 is 9.84 Å². The molecule has 1 aromatic rings. The predicted molar refractivity (Wildman–Crippen MR) is 71.0 cm³/mol. The summed E-state index contributed by atoms with van der Waals surface area (Å²) in [7, 11) is -3.03. The Morgan fingerprint density at radius 2 is 1.94 bits per heavy atom. The summed E-state index contributed by atoms with van der Waals surface area (Å²) in [6, 6.07) is 3.63. The molecule has 0 spiro atoms. The van der Waals surface area contributed by atoms with Crippen LogP contribution in [0.2, 0.25) is 0 Å². The maximum Gasteiger partial charge on any atom is 0.160 e. The summed E-state index contributed by atoms with van der Waals surface area (Å²) in [5, 5.41) is 3.00. The van der Waals surface area contributed by atoms with Gasteiger partial charge in [-0.2, -0.15) is 0 Å². The van der Waals surface area contributed by atoms with Crippen LogP contribution in [0.1, 0.15) is 44.1 Å². The number of hydrogen-bond donors (Lipinski definition) is 1. The molecule has 1 fully saturated rings. The van der Waals surface area contributed by atoms with E-state index in [0.29, 0.717) is 12.3 Å².